The highest BCUT2D eigenvalue weighted by molar-refractivity contribution is 7.15. The van der Waals surface area contributed by atoms with Crippen molar-refractivity contribution in [2.24, 2.45) is 5.73 Å². The van der Waals surface area contributed by atoms with Gasteiger partial charge in [-0.3, -0.25) is 0 Å². The molecule has 2 heteroatoms. The van der Waals surface area contributed by atoms with Gasteiger partial charge in [0.1, 0.15) is 0 Å². The summed E-state index contributed by atoms with van der Waals surface area (Å²) in [5.41, 5.74) is 11.3. The number of aryl methyl sites for hydroxylation is 3. The number of nitrogens with two attached hydrogens (primary N) is 1. The van der Waals surface area contributed by atoms with Crippen LogP contribution in [0, 0.1) is 20.8 Å². The van der Waals surface area contributed by atoms with E-state index in [4.69, 9.17) is 5.73 Å². The quantitative estimate of drug-likeness (QED) is 0.836. The molecule has 0 aliphatic heterocycles. The molecule has 0 saturated heterocycles. The minimum atomic E-state index is 0.124. The van der Waals surface area contributed by atoms with Crippen LogP contribution >= 0.6 is 11.3 Å². The summed E-state index contributed by atoms with van der Waals surface area (Å²) >= 11 is 1.81. The highest BCUT2D eigenvalue weighted by atomic mass is 32.1. The zero-order valence-electron chi connectivity index (χ0n) is 10.9. The highest BCUT2D eigenvalue weighted by Crippen LogP contribution is 2.35. The number of benzene rings is 1. The van der Waals surface area contributed by atoms with Crippen LogP contribution in [0.2, 0.25) is 0 Å². The van der Waals surface area contributed by atoms with E-state index in [1.807, 2.05) is 18.3 Å². The van der Waals surface area contributed by atoms with Crippen LogP contribution in [0.3, 0.4) is 0 Å². The molecule has 1 nitrogen and oxygen atoms in total. The molecule has 1 aromatic carbocycles. The van der Waals surface area contributed by atoms with E-state index in [1.165, 1.54) is 32.0 Å². The Labute approximate surface area is 107 Å². The number of rotatable bonds is 2. The largest absolute Gasteiger partial charge is 0.324 e. The van der Waals surface area contributed by atoms with Crippen molar-refractivity contribution < 1.29 is 0 Å². The Kier molecular flexibility index (Phi) is 3.36. The maximum absolute atomic E-state index is 5.94. The van der Waals surface area contributed by atoms with Crippen molar-refractivity contribution in [3.63, 3.8) is 0 Å². The molecular formula is C15H19NS. The van der Waals surface area contributed by atoms with Gasteiger partial charge in [-0.25, -0.2) is 0 Å². The van der Waals surface area contributed by atoms with Crippen LogP contribution in [0.15, 0.2) is 24.3 Å². The van der Waals surface area contributed by atoms with Gasteiger partial charge in [0, 0.05) is 15.8 Å². The Morgan fingerprint density at radius 3 is 2.24 bits per heavy atom. The van der Waals surface area contributed by atoms with Crippen LogP contribution in [0.25, 0.3) is 10.4 Å². The van der Waals surface area contributed by atoms with Crippen LogP contribution in [0.4, 0.5) is 0 Å². The highest BCUT2D eigenvalue weighted by Gasteiger charge is 2.10. The fourth-order valence-electron chi connectivity index (χ4n) is 1.90. The van der Waals surface area contributed by atoms with Gasteiger partial charge in [-0.15, -0.1) is 11.3 Å². The third-order valence-corrected chi connectivity index (χ3v) is 4.64. The molecule has 1 atom stereocenters. The minimum absolute atomic E-state index is 0.124. The molecule has 1 heterocycles. The molecule has 2 aromatic rings. The molecule has 0 spiro atoms. The molecule has 90 valence electrons. The molecule has 0 radical (unpaired) electrons. The summed E-state index contributed by atoms with van der Waals surface area (Å²) in [5, 5.41) is 0. The van der Waals surface area contributed by atoms with E-state index < -0.39 is 0 Å². The van der Waals surface area contributed by atoms with Crippen molar-refractivity contribution >= 4 is 11.3 Å². The summed E-state index contributed by atoms with van der Waals surface area (Å²) in [5.74, 6) is 0. The van der Waals surface area contributed by atoms with Crippen LogP contribution in [0.5, 0.6) is 0 Å². The Morgan fingerprint density at radius 1 is 1.00 bits per heavy atom. The third kappa shape index (κ3) is 2.43. The second-order valence-corrected chi connectivity index (χ2v) is 5.83. The Morgan fingerprint density at radius 2 is 1.71 bits per heavy atom. The summed E-state index contributed by atoms with van der Waals surface area (Å²) < 4.78 is 0. The summed E-state index contributed by atoms with van der Waals surface area (Å²) in [6.07, 6.45) is 0. The van der Waals surface area contributed by atoms with Crippen LogP contribution < -0.4 is 5.73 Å². The van der Waals surface area contributed by atoms with Gasteiger partial charge < -0.3 is 5.73 Å². The lowest BCUT2D eigenvalue weighted by Crippen LogP contribution is -2.01. The van der Waals surface area contributed by atoms with Crippen molar-refractivity contribution in [1.82, 2.24) is 0 Å². The van der Waals surface area contributed by atoms with Gasteiger partial charge in [-0.1, -0.05) is 18.2 Å². The molecule has 0 aliphatic rings. The minimum Gasteiger partial charge on any atom is -0.324 e. The van der Waals surface area contributed by atoms with Gasteiger partial charge in [-0.2, -0.15) is 0 Å². The standard InChI is InChI=1S/C15H19NS/c1-9-5-6-13(7-10(9)2)15-11(3)8-14(17-15)12(4)16/h5-8,12H,16H2,1-4H3. The second kappa shape index (κ2) is 4.63. The predicted octanol–water partition coefficient (Wildman–Crippen LogP) is 4.36. The van der Waals surface area contributed by atoms with Crippen molar-refractivity contribution in [2.45, 2.75) is 33.7 Å². The summed E-state index contributed by atoms with van der Waals surface area (Å²) in [6.45, 7) is 8.50. The lowest BCUT2D eigenvalue weighted by atomic mass is 10.0. The monoisotopic (exact) mass is 245 g/mol. The van der Waals surface area contributed by atoms with Gasteiger partial charge in [0.2, 0.25) is 0 Å². The van der Waals surface area contributed by atoms with E-state index in [9.17, 15) is 0 Å². The third-order valence-electron chi connectivity index (χ3n) is 3.15. The van der Waals surface area contributed by atoms with Gasteiger partial charge in [0.15, 0.2) is 0 Å². The van der Waals surface area contributed by atoms with Gasteiger partial charge in [0.25, 0.3) is 0 Å². The summed E-state index contributed by atoms with van der Waals surface area (Å²) in [4.78, 5) is 2.61. The van der Waals surface area contributed by atoms with E-state index in [1.54, 1.807) is 0 Å². The lowest BCUT2D eigenvalue weighted by Gasteiger charge is -2.04. The molecule has 0 fully saturated rings. The van der Waals surface area contributed by atoms with Crippen molar-refractivity contribution in [1.29, 1.82) is 0 Å². The molecular weight excluding hydrogens is 226 g/mol. The van der Waals surface area contributed by atoms with E-state index in [0.29, 0.717) is 0 Å². The van der Waals surface area contributed by atoms with E-state index in [2.05, 4.69) is 45.0 Å². The van der Waals surface area contributed by atoms with Crippen LogP contribution in [0.1, 0.15) is 34.5 Å². The first kappa shape index (κ1) is 12.3. The van der Waals surface area contributed by atoms with E-state index in [-0.39, 0.29) is 6.04 Å². The first-order valence-electron chi connectivity index (χ1n) is 5.92. The number of thiophene rings is 1. The lowest BCUT2D eigenvalue weighted by molar-refractivity contribution is 0.838. The summed E-state index contributed by atoms with van der Waals surface area (Å²) in [7, 11) is 0. The van der Waals surface area contributed by atoms with Crippen molar-refractivity contribution in [2.75, 3.05) is 0 Å². The first-order valence-corrected chi connectivity index (χ1v) is 6.74. The van der Waals surface area contributed by atoms with Crippen LogP contribution in [-0.2, 0) is 0 Å². The van der Waals surface area contributed by atoms with Crippen LogP contribution in [-0.4, -0.2) is 0 Å². The molecule has 0 aliphatic carbocycles. The maximum Gasteiger partial charge on any atom is 0.0375 e. The second-order valence-electron chi connectivity index (χ2n) is 4.75. The SMILES string of the molecule is Cc1ccc(-c2sc(C(C)N)cc2C)cc1C. The Balaban J connectivity index is 2.49. The molecule has 0 saturated carbocycles. The normalized spacial score (nSPS) is 12.8. The van der Waals surface area contributed by atoms with Crippen molar-refractivity contribution in [3.8, 4) is 10.4 Å². The number of hydrogen-bond donors (Lipinski definition) is 1. The van der Waals surface area contributed by atoms with Crippen molar-refractivity contribution in [3.05, 3.63) is 45.8 Å². The summed E-state index contributed by atoms with van der Waals surface area (Å²) in [6, 6.07) is 8.99. The molecule has 2 rings (SSSR count). The van der Waals surface area contributed by atoms with E-state index in [0.717, 1.165) is 0 Å². The zero-order valence-corrected chi connectivity index (χ0v) is 11.7. The first-order chi connectivity index (χ1) is 7.99. The van der Waals surface area contributed by atoms with Gasteiger partial charge in [0.05, 0.1) is 0 Å². The fraction of sp³-hybridized carbons (Fsp3) is 0.333. The molecule has 17 heavy (non-hydrogen) atoms. The molecule has 2 N–H and O–H groups in total. The average molecular weight is 245 g/mol. The Bertz CT molecular complexity index is 538. The average Bonchev–Trinajstić information content (AvgIpc) is 2.65. The number of hydrogen-bond acceptors (Lipinski definition) is 2. The Hall–Kier alpha value is -1.12. The topological polar surface area (TPSA) is 26.0 Å². The van der Waals surface area contributed by atoms with Gasteiger partial charge >= 0.3 is 0 Å². The maximum atomic E-state index is 5.94. The molecule has 1 unspecified atom stereocenters. The smallest absolute Gasteiger partial charge is 0.0375 e. The molecule has 0 bridgehead atoms. The fourth-order valence-corrected chi connectivity index (χ4v) is 3.02. The van der Waals surface area contributed by atoms with E-state index >= 15 is 0 Å². The molecule has 1 aromatic heterocycles. The zero-order chi connectivity index (χ0) is 12.6. The molecule has 0 amide bonds. The van der Waals surface area contributed by atoms with Gasteiger partial charge in [-0.05, 0) is 56.0 Å². The predicted molar refractivity (Wildman–Crippen MR) is 76.6 cm³/mol.